The standard InChI is InChI=1S/C21H22N2O4/c1-13-6-10-16(22-20(25)15-7-8-15)12-18(13)23-19(24)11-9-14-4-2-3-5-17(14)21(26)27/h2-6,10,12,15H,7-9,11H2,1H3,(H,22,25)(H,23,24)(H,26,27). The molecule has 140 valence electrons. The zero-order valence-corrected chi connectivity index (χ0v) is 15.1. The third-order valence-electron chi connectivity index (χ3n) is 4.60. The number of nitrogens with one attached hydrogen (secondary N) is 2. The van der Waals surface area contributed by atoms with Gasteiger partial charge in [-0.1, -0.05) is 24.3 Å². The van der Waals surface area contributed by atoms with Gasteiger partial charge in [0.15, 0.2) is 0 Å². The second-order valence-corrected chi connectivity index (χ2v) is 6.80. The topological polar surface area (TPSA) is 95.5 Å². The largest absolute Gasteiger partial charge is 0.478 e. The van der Waals surface area contributed by atoms with Crippen LogP contribution in [0.3, 0.4) is 0 Å². The SMILES string of the molecule is Cc1ccc(NC(=O)C2CC2)cc1NC(=O)CCc1ccccc1C(=O)O. The summed E-state index contributed by atoms with van der Waals surface area (Å²) in [4.78, 5) is 35.5. The zero-order chi connectivity index (χ0) is 19.4. The number of hydrogen-bond acceptors (Lipinski definition) is 3. The Morgan fingerprint density at radius 3 is 2.52 bits per heavy atom. The molecule has 0 radical (unpaired) electrons. The normalized spacial score (nSPS) is 13.1. The summed E-state index contributed by atoms with van der Waals surface area (Å²) in [6, 6.07) is 12.1. The molecule has 3 N–H and O–H groups in total. The van der Waals surface area contributed by atoms with Crippen LogP contribution in [-0.2, 0) is 16.0 Å². The van der Waals surface area contributed by atoms with Gasteiger partial charge in [0, 0.05) is 23.7 Å². The fraction of sp³-hybridized carbons (Fsp3) is 0.286. The van der Waals surface area contributed by atoms with Gasteiger partial charge in [0.2, 0.25) is 11.8 Å². The van der Waals surface area contributed by atoms with Crippen LogP contribution in [0.1, 0.15) is 40.7 Å². The van der Waals surface area contributed by atoms with E-state index in [9.17, 15) is 19.5 Å². The van der Waals surface area contributed by atoms with E-state index >= 15 is 0 Å². The lowest BCUT2D eigenvalue weighted by Gasteiger charge is -2.12. The molecule has 0 aliphatic heterocycles. The summed E-state index contributed by atoms with van der Waals surface area (Å²) in [5.41, 5.74) is 3.02. The Kier molecular flexibility index (Phi) is 5.54. The first kappa shape index (κ1) is 18.6. The highest BCUT2D eigenvalue weighted by atomic mass is 16.4. The fourth-order valence-electron chi connectivity index (χ4n) is 2.83. The Bertz CT molecular complexity index is 888. The summed E-state index contributed by atoms with van der Waals surface area (Å²) in [5.74, 6) is -1.08. The van der Waals surface area contributed by atoms with Gasteiger partial charge in [-0.05, 0) is 55.5 Å². The van der Waals surface area contributed by atoms with Crippen LogP contribution >= 0.6 is 0 Å². The lowest BCUT2D eigenvalue weighted by atomic mass is 10.0. The third kappa shape index (κ3) is 4.94. The average Bonchev–Trinajstić information content (AvgIpc) is 3.48. The van der Waals surface area contributed by atoms with Crippen molar-refractivity contribution in [1.82, 2.24) is 0 Å². The molecule has 1 aliphatic rings. The molecule has 27 heavy (non-hydrogen) atoms. The highest BCUT2D eigenvalue weighted by molar-refractivity contribution is 5.96. The molecule has 0 saturated heterocycles. The Morgan fingerprint density at radius 2 is 1.81 bits per heavy atom. The summed E-state index contributed by atoms with van der Waals surface area (Å²) in [6.45, 7) is 1.88. The van der Waals surface area contributed by atoms with E-state index in [4.69, 9.17) is 0 Å². The van der Waals surface area contributed by atoms with Crippen molar-refractivity contribution in [3.8, 4) is 0 Å². The van der Waals surface area contributed by atoms with E-state index in [-0.39, 0.29) is 29.7 Å². The summed E-state index contributed by atoms with van der Waals surface area (Å²) < 4.78 is 0. The lowest BCUT2D eigenvalue weighted by molar-refractivity contribution is -0.117. The minimum Gasteiger partial charge on any atom is -0.478 e. The Labute approximate surface area is 157 Å². The van der Waals surface area contributed by atoms with Crippen molar-refractivity contribution in [3.05, 3.63) is 59.2 Å². The van der Waals surface area contributed by atoms with E-state index in [0.717, 1.165) is 18.4 Å². The number of carbonyl (C=O) groups is 3. The molecule has 1 aliphatic carbocycles. The van der Waals surface area contributed by atoms with E-state index in [1.165, 1.54) is 6.07 Å². The molecule has 2 amide bonds. The van der Waals surface area contributed by atoms with Gasteiger partial charge in [-0.3, -0.25) is 9.59 Å². The van der Waals surface area contributed by atoms with Gasteiger partial charge in [0.05, 0.1) is 5.56 Å². The minimum absolute atomic E-state index is 0.0152. The maximum atomic E-state index is 12.3. The first-order chi connectivity index (χ1) is 12.9. The van der Waals surface area contributed by atoms with Crippen molar-refractivity contribution in [2.24, 2.45) is 5.92 Å². The Morgan fingerprint density at radius 1 is 1.07 bits per heavy atom. The van der Waals surface area contributed by atoms with E-state index < -0.39 is 5.97 Å². The first-order valence-electron chi connectivity index (χ1n) is 8.96. The number of carboxylic acids is 1. The maximum Gasteiger partial charge on any atom is 0.335 e. The molecule has 1 fully saturated rings. The lowest BCUT2D eigenvalue weighted by Crippen LogP contribution is -2.16. The highest BCUT2D eigenvalue weighted by Gasteiger charge is 2.29. The molecule has 3 rings (SSSR count). The first-order valence-corrected chi connectivity index (χ1v) is 8.96. The van der Waals surface area contributed by atoms with Crippen LogP contribution in [0.4, 0.5) is 11.4 Å². The zero-order valence-electron chi connectivity index (χ0n) is 15.1. The third-order valence-corrected chi connectivity index (χ3v) is 4.60. The molecule has 6 heteroatoms. The van der Waals surface area contributed by atoms with Gasteiger partial charge < -0.3 is 15.7 Å². The number of hydrogen-bond donors (Lipinski definition) is 3. The van der Waals surface area contributed by atoms with Crippen LogP contribution in [-0.4, -0.2) is 22.9 Å². The summed E-state index contributed by atoms with van der Waals surface area (Å²) in [5, 5.41) is 14.9. The van der Waals surface area contributed by atoms with E-state index in [0.29, 0.717) is 23.4 Å². The van der Waals surface area contributed by atoms with E-state index in [1.54, 1.807) is 24.3 Å². The second kappa shape index (κ2) is 8.03. The molecule has 6 nitrogen and oxygen atoms in total. The van der Waals surface area contributed by atoms with Crippen molar-refractivity contribution in [2.45, 2.75) is 32.6 Å². The second-order valence-electron chi connectivity index (χ2n) is 6.80. The molecule has 0 unspecified atom stereocenters. The Balaban J connectivity index is 1.62. The molecule has 2 aromatic carbocycles. The van der Waals surface area contributed by atoms with Crippen molar-refractivity contribution in [2.75, 3.05) is 10.6 Å². The van der Waals surface area contributed by atoms with Crippen molar-refractivity contribution in [3.63, 3.8) is 0 Å². The molecule has 1 saturated carbocycles. The van der Waals surface area contributed by atoms with Crippen LogP contribution in [0.25, 0.3) is 0 Å². The molecule has 0 atom stereocenters. The van der Waals surface area contributed by atoms with Crippen LogP contribution in [0, 0.1) is 12.8 Å². The van der Waals surface area contributed by atoms with Gasteiger partial charge in [-0.15, -0.1) is 0 Å². The molecule has 0 spiro atoms. The summed E-state index contributed by atoms with van der Waals surface area (Å²) in [7, 11) is 0. The number of aryl methyl sites for hydroxylation is 2. The number of carboxylic acid groups (broad SMARTS) is 1. The van der Waals surface area contributed by atoms with Crippen LogP contribution in [0.15, 0.2) is 42.5 Å². The molecular formula is C21H22N2O4. The predicted molar refractivity (Wildman–Crippen MR) is 103 cm³/mol. The number of rotatable bonds is 7. The predicted octanol–water partition coefficient (Wildman–Crippen LogP) is 3.61. The number of amides is 2. The van der Waals surface area contributed by atoms with Crippen LogP contribution in [0.5, 0.6) is 0 Å². The van der Waals surface area contributed by atoms with Crippen molar-refractivity contribution in [1.29, 1.82) is 0 Å². The average molecular weight is 366 g/mol. The maximum absolute atomic E-state index is 12.3. The van der Waals surface area contributed by atoms with Gasteiger partial charge >= 0.3 is 5.97 Å². The highest BCUT2D eigenvalue weighted by Crippen LogP contribution is 2.30. The number of aromatic carboxylic acids is 1. The number of anilines is 2. The van der Waals surface area contributed by atoms with Crippen molar-refractivity contribution >= 4 is 29.2 Å². The van der Waals surface area contributed by atoms with Crippen molar-refractivity contribution < 1.29 is 19.5 Å². The molecule has 0 heterocycles. The fourth-order valence-corrected chi connectivity index (χ4v) is 2.83. The molecular weight excluding hydrogens is 344 g/mol. The van der Waals surface area contributed by atoms with Crippen LogP contribution < -0.4 is 10.6 Å². The van der Waals surface area contributed by atoms with E-state index in [2.05, 4.69) is 10.6 Å². The minimum atomic E-state index is -0.999. The van der Waals surface area contributed by atoms with Gasteiger partial charge in [-0.25, -0.2) is 4.79 Å². The summed E-state index contributed by atoms with van der Waals surface area (Å²) >= 11 is 0. The number of benzene rings is 2. The monoisotopic (exact) mass is 366 g/mol. The Hall–Kier alpha value is -3.15. The molecule has 0 bridgehead atoms. The molecule has 0 aromatic heterocycles. The van der Waals surface area contributed by atoms with Gasteiger partial charge in [0.1, 0.15) is 0 Å². The van der Waals surface area contributed by atoms with E-state index in [1.807, 2.05) is 19.1 Å². The van der Waals surface area contributed by atoms with Crippen LogP contribution in [0.2, 0.25) is 0 Å². The van der Waals surface area contributed by atoms with Gasteiger partial charge in [-0.2, -0.15) is 0 Å². The smallest absolute Gasteiger partial charge is 0.335 e. The number of carbonyl (C=O) groups excluding carboxylic acids is 2. The quantitative estimate of drug-likeness (QED) is 0.697. The summed E-state index contributed by atoms with van der Waals surface area (Å²) in [6.07, 6.45) is 2.37. The molecule has 2 aromatic rings. The van der Waals surface area contributed by atoms with Gasteiger partial charge in [0.25, 0.3) is 0 Å².